The van der Waals surface area contributed by atoms with Crippen molar-refractivity contribution in [2.24, 2.45) is 0 Å². The largest absolute Gasteiger partial charge is 0.459 e. The van der Waals surface area contributed by atoms with Gasteiger partial charge in [0.1, 0.15) is 17.0 Å². The van der Waals surface area contributed by atoms with E-state index in [1.807, 2.05) is 0 Å². The Hall–Kier alpha value is -3.12. The zero-order valence-corrected chi connectivity index (χ0v) is 24.7. The summed E-state index contributed by atoms with van der Waals surface area (Å²) in [5.74, 6) is -1.11. The molecule has 4 rings (SSSR count). The number of fused-ring (bicyclic) bond motifs is 1. The van der Waals surface area contributed by atoms with Crippen LogP contribution in [0.15, 0.2) is 15.7 Å². The van der Waals surface area contributed by atoms with E-state index in [9.17, 15) is 19.2 Å². The summed E-state index contributed by atoms with van der Waals surface area (Å²) in [7, 11) is 1.25. The van der Waals surface area contributed by atoms with Crippen molar-refractivity contribution in [2.45, 2.75) is 84.1 Å². The van der Waals surface area contributed by atoms with Gasteiger partial charge in [-0.15, -0.1) is 0 Å². The lowest BCUT2D eigenvalue weighted by Crippen LogP contribution is -2.54. The lowest BCUT2D eigenvalue weighted by molar-refractivity contribution is -0.153. The van der Waals surface area contributed by atoms with Crippen LogP contribution in [0.25, 0.3) is 10.9 Å². The average molecular weight is 582 g/mol. The molecule has 13 heteroatoms. The number of anilines is 1. The highest BCUT2D eigenvalue weighted by atomic mass is 35.5. The summed E-state index contributed by atoms with van der Waals surface area (Å²) in [5, 5.41) is 3.78. The van der Waals surface area contributed by atoms with Crippen LogP contribution in [-0.4, -0.2) is 65.2 Å². The zero-order chi connectivity index (χ0) is 29.7. The molecule has 1 aliphatic heterocycles. The molecule has 1 N–H and O–H groups in total. The molecule has 1 aromatic heterocycles. The topological polar surface area (TPSA) is 115 Å². The summed E-state index contributed by atoms with van der Waals surface area (Å²) in [6.45, 7) is 11.2. The number of halogens is 2. The highest BCUT2D eigenvalue weighted by Crippen LogP contribution is 2.41. The SMILES string of the molecule is CN(C(=O)OC(C)(C)C)n1c(=O)c2cc(F)c(N3CC[C@H](NCC(=O)OC(C)(C)C)C3)c(Cl)c2n(C2CC2)c1=O. The molecule has 1 amide bonds. The second kappa shape index (κ2) is 10.7. The van der Waals surface area contributed by atoms with E-state index in [0.717, 1.165) is 11.1 Å². The third-order valence-corrected chi connectivity index (χ3v) is 6.91. The molecule has 220 valence electrons. The molecule has 0 bridgehead atoms. The predicted molar refractivity (Wildman–Crippen MR) is 151 cm³/mol. The fourth-order valence-electron chi connectivity index (χ4n) is 4.77. The highest BCUT2D eigenvalue weighted by Gasteiger charge is 2.35. The Balaban J connectivity index is 1.70. The van der Waals surface area contributed by atoms with Gasteiger partial charge in [0.05, 0.1) is 28.2 Å². The molecular weight excluding hydrogens is 545 g/mol. The number of ether oxygens (including phenoxy) is 2. The fourth-order valence-corrected chi connectivity index (χ4v) is 5.17. The number of aromatic nitrogens is 2. The Morgan fingerprint density at radius 2 is 1.73 bits per heavy atom. The van der Waals surface area contributed by atoms with Crippen LogP contribution in [0.4, 0.5) is 14.9 Å². The summed E-state index contributed by atoms with van der Waals surface area (Å²) in [6.07, 6.45) is 1.06. The van der Waals surface area contributed by atoms with Crippen molar-refractivity contribution in [3.05, 3.63) is 37.7 Å². The monoisotopic (exact) mass is 581 g/mol. The molecular formula is C27H37ClFN5O6. The standard InChI is InChI=1S/C27H37ClFN5O6/c1-26(2,3)39-19(35)13-30-15-10-11-32(14-15)22-18(29)12-17-21(20(22)28)33(16-8-9-16)24(37)34(23(17)36)31(7)25(38)40-27(4,5)6/h12,15-16,30H,8-11,13-14H2,1-7H3/t15-/m0/s1. The first-order valence-electron chi connectivity index (χ1n) is 13.3. The molecule has 40 heavy (non-hydrogen) atoms. The normalized spacial score (nSPS) is 17.8. The van der Waals surface area contributed by atoms with Gasteiger partial charge in [-0.2, -0.15) is 4.68 Å². The summed E-state index contributed by atoms with van der Waals surface area (Å²) < 4.78 is 28.3. The van der Waals surface area contributed by atoms with Crippen LogP contribution in [0.3, 0.4) is 0 Å². The second-order valence-corrected chi connectivity index (χ2v) is 12.7. The van der Waals surface area contributed by atoms with Crippen LogP contribution in [0.5, 0.6) is 0 Å². The van der Waals surface area contributed by atoms with Crippen LogP contribution in [0.1, 0.15) is 66.8 Å². The first-order chi connectivity index (χ1) is 18.5. The Bertz CT molecular complexity index is 1450. The zero-order valence-electron chi connectivity index (χ0n) is 24.0. The van der Waals surface area contributed by atoms with E-state index in [-0.39, 0.29) is 46.2 Å². The first-order valence-corrected chi connectivity index (χ1v) is 13.7. The van der Waals surface area contributed by atoms with Crippen LogP contribution < -0.4 is 26.5 Å². The lowest BCUT2D eigenvalue weighted by atomic mass is 10.2. The van der Waals surface area contributed by atoms with Crippen LogP contribution >= 0.6 is 11.6 Å². The van der Waals surface area contributed by atoms with E-state index >= 15 is 4.39 Å². The van der Waals surface area contributed by atoms with Crippen molar-refractivity contribution in [3.8, 4) is 0 Å². The van der Waals surface area contributed by atoms with Crippen molar-refractivity contribution in [1.29, 1.82) is 0 Å². The minimum Gasteiger partial charge on any atom is -0.459 e. The van der Waals surface area contributed by atoms with Gasteiger partial charge in [-0.1, -0.05) is 11.6 Å². The molecule has 1 saturated heterocycles. The molecule has 2 fully saturated rings. The Morgan fingerprint density at radius 1 is 1.10 bits per heavy atom. The molecule has 0 unspecified atom stereocenters. The Labute approximate surface area is 236 Å². The van der Waals surface area contributed by atoms with E-state index in [1.54, 1.807) is 46.4 Å². The molecule has 11 nitrogen and oxygen atoms in total. The second-order valence-electron chi connectivity index (χ2n) is 12.3. The maximum Gasteiger partial charge on any atom is 0.429 e. The summed E-state index contributed by atoms with van der Waals surface area (Å²) >= 11 is 6.79. The predicted octanol–water partition coefficient (Wildman–Crippen LogP) is 3.30. The number of hydrogen-bond donors (Lipinski definition) is 1. The number of amides is 1. The summed E-state index contributed by atoms with van der Waals surface area (Å²) in [6, 6.07) is 0.698. The third-order valence-electron chi connectivity index (χ3n) is 6.55. The summed E-state index contributed by atoms with van der Waals surface area (Å²) in [4.78, 5) is 53.7. The number of nitrogens with one attached hydrogen (secondary N) is 1. The van der Waals surface area contributed by atoms with E-state index in [1.165, 1.54) is 11.6 Å². The van der Waals surface area contributed by atoms with E-state index in [4.69, 9.17) is 21.1 Å². The third kappa shape index (κ3) is 6.27. The molecule has 1 atom stereocenters. The fraction of sp³-hybridized carbons (Fsp3) is 0.630. The summed E-state index contributed by atoms with van der Waals surface area (Å²) in [5.41, 5.74) is -2.88. The van der Waals surface area contributed by atoms with Crippen LogP contribution in [-0.2, 0) is 14.3 Å². The van der Waals surface area contributed by atoms with Gasteiger partial charge in [-0.25, -0.2) is 19.0 Å². The van der Waals surface area contributed by atoms with Gasteiger partial charge in [0.15, 0.2) is 0 Å². The van der Waals surface area contributed by atoms with E-state index < -0.39 is 34.4 Å². The lowest BCUT2D eigenvalue weighted by Gasteiger charge is -2.27. The number of carbonyl (C=O) groups excluding carboxylic acids is 2. The number of carbonyl (C=O) groups is 2. The highest BCUT2D eigenvalue weighted by molar-refractivity contribution is 6.38. The van der Waals surface area contributed by atoms with Crippen LogP contribution in [0.2, 0.25) is 5.02 Å². The van der Waals surface area contributed by atoms with E-state index in [0.29, 0.717) is 37.0 Å². The number of esters is 1. The van der Waals surface area contributed by atoms with Crippen molar-refractivity contribution < 1.29 is 23.5 Å². The molecule has 0 radical (unpaired) electrons. The van der Waals surface area contributed by atoms with Gasteiger partial charge in [0.25, 0.3) is 5.56 Å². The molecule has 2 heterocycles. The Kier molecular flexibility index (Phi) is 7.98. The molecule has 2 aromatic rings. The van der Waals surface area contributed by atoms with Crippen molar-refractivity contribution in [2.75, 3.05) is 36.6 Å². The van der Waals surface area contributed by atoms with Gasteiger partial charge in [0, 0.05) is 32.2 Å². The smallest absolute Gasteiger partial charge is 0.429 e. The van der Waals surface area contributed by atoms with Crippen molar-refractivity contribution >= 4 is 40.3 Å². The first kappa shape index (κ1) is 29.9. The van der Waals surface area contributed by atoms with Crippen LogP contribution in [0, 0.1) is 5.82 Å². The number of rotatable bonds is 6. The molecule has 0 spiro atoms. The maximum atomic E-state index is 15.6. The van der Waals surface area contributed by atoms with Gasteiger partial charge in [-0.3, -0.25) is 14.2 Å². The Morgan fingerprint density at radius 3 is 2.30 bits per heavy atom. The quantitative estimate of drug-likeness (QED) is 0.517. The van der Waals surface area contributed by atoms with Gasteiger partial charge in [0.2, 0.25) is 0 Å². The van der Waals surface area contributed by atoms with Gasteiger partial charge in [-0.05, 0) is 66.9 Å². The molecule has 1 saturated carbocycles. The van der Waals surface area contributed by atoms with Crippen molar-refractivity contribution in [1.82, 2.24) is 14.6 Å². The minimum atomic E-state index is -0.904. The number of benzene rings is 1. The van der Waals surface area contributed by atoms with E-state index in [2.05, 4.69) is 5.32 Å². The number of nitrogens with zero attached hydrogens (tertiary/aromatic N) is 4. The maximum absolute atomic E-state index is 15.6. The minimum absolute atomic E-state index is 0.00956. The molecule has 1 aromatic carbocycles. The van der Waals surface area contributed by atoms with Gasteiger partial charge < -0.3 is 19.7 Å². The van der Waals surface area contributed by atoms with Crippen molar-refractivity contribution in [3.63, 3.8) is 0 Å². The average Bonchev–Trinajstić information content (AvgIpc) is 3.53. The molecule has 1 aliphatic carbocycles. The number of hydrogen-bond acceptors (Lipinski definition) is 8. The molecule has 2 aliphatic rings. The van der Waals surface area contributed by atoms with Gasteiger partial charge >= 0.3 is 17.8 Å².